The molecule has 1 saturated heterocycles. The number of likely N-dealkylation sites (N-methyl/N-ethyl adjacent to an activating group) is 1. The van der Waals surface area contributed by atoms with Gasteiger partial charge in [0, 0.05) is 36.2 Å². The van der Waals surface area contributed by atoms with Gasteiger partial charge in [-0.2, -0.15) is 0 Å². The summed E-state index contributed by atoms with van der Waals surface area (Å²) in [5.41, 5.74) is 2.69. The fraction of sp³-hybridized carbons (Fsp3) is 0.368. The highest BCUT2D eigenvalue weighted by Gasteiger charge is 2.35. The number of benzene rings is 1. The van der Waals surface area contributed by atoms with E-state index in [0.717, 1.165) is 11.3 Å². The van der Waals surface area contributed by atoms with E-state index < -0.39 is 0 Å². The Morgan fingerprint density at radius 3 is 2.64 bits per heavy atom. The van der Waals surface area contributed by atoms with Crippen LogP contribution in [0.3, 0.4) is 0 Å². The summed E-state index contributed by atoms with van der Waals surface area (Å²) < 4.78 is 6.81. The molecule has 1 aliphatic rings. The van der Waals surface area contributed by atoms with Crippen LogP contribution >= 0.6 is 0 Å². The predicted molar refractivity (Wildman–Crippen MR) is 94.8 cm³/mol. The van der Waals surface area contributed by atoms with E-state index >= 15 is 0 Å². The number of aryl methyl sites for hydroxylation is 1. The molecule has 1 aromatic heterocycles. The third kappa shape index (κ3) is 3.58. The van der Waals surface area contributed by atoms with Crippen LogP contribution in [-0.2, 0) is 9.53 Å². The Bertz CT molecular complexity index is 770. The zero-order valence-electron chi connectivity index (χ0n) is 14.7. The number of nitrogens with one attached hydrogen (secondary N) is 1. The van der Waals surface area contributed by atoms with Crippen molar-refractivity contribution in [2.45, 2.75) is 25.4 Å². The van der Waals surface area contributed by atoms with Gasteiger partial charge in [-0.3, -0.25) is 14.5 Å². The highest BCUT2D eigenvalue weighted by atomic mass is 16.5. The minimum Gasteiger partial charge on any atom is -0.468 e. The number of hydrogen-bond donors (Lipinski definition) is 1. The van der Waals surface area contributed by atoms with Crippen molar-refractivity contribution in [3.8, 4) is 5.69 Å². The number of methoxy groups -OCH3 is 1. The second-order valence-electron chi connectivity index (χ2n) is 6.48. The maximum absolute atomic E-state index is 12.6. The number of carbonyl (C=O) groups excluding carboxylic acids is 2. The maximum Gasteiger partial charge on any atom is 0.323 e. The molecule has 0 unspecified atom stereocenters. The van der Waals surface area contributed by atoms with Gasteiger partial charge in [0.15, 0.2) is 0 Å². The number of amides is 1. The molecular weight excluding hydrogens is 318 g/mol. The zero-order valence-corrected chi connectivity index (χ0v) is 14.7. The van der Waals surface area contributed by atoms with E-state index in [1.165, 1.54) is 7.11 Å². The number of carbonyl (C=O) groups is 2. The summed E-state index contributed by atoms with van der Waals surface area (Å²) in [5.74, 6) is -0.387. The Hall–Kier alpha value is -2.60. The lowest BCUT2D eigenvalue weighted by Gasteiger charge is -2.15. The summed E-state index contributed by atoms with van der Waals surface area (Å²) in [7, 11) is 3.25. The van der Waals surface area contributed by atoms with Crippen molar-refractivity contribution < 1.29 is 14.3 Å². The van der Waals surface area contributed by atoms with Crippen LogP contribution in [0.25, 0.3) is 5.69 Å². The first-order valence-electron chi connectivity index (χ1n) is 8.32. The van der Waals surface area contributed by atoms with Crippen LogP contribution in [0.4, 0.5) is 0 Å². The van der Waals surface area contributed by atoms with Gasteiger partial charge in [-0.25, -0.2) is 0 Å². The molecule has 132 valence electrons. The number of likely N-dealkylation sites (tertiary alicyclic amines) is 1. The van der Waals surface area contributed by atoms with E-state index in [-0.39, 0.29) is 24.0 Å². The molecule has 0 saturated carbocycles. The fourth-order valence-corrected chi connectivity index (χ4v) is 3.31. The van der Waals surface area contributed by atoms with Crippen molar-refractivity contribution in [1.29, 1.82) is 0 Å². The predicted octanol–water partition coefficient (Wildman–Crippen LogP) is 1.76. The van der Waals surface area contributed by atoms with Crippen molar-refractivity contribution in [2.75, 3.05) is 20.7 Å². The molecule has 2 heterocycles. The van der Waals surface area contributed by atoms with Crippen molar-refractivity contribution >= 4 is 11.9 Å². The van der Waals surface area contributed by atoms with Crippen LogP contribution in [0, 0.1) is 6.92 Å². The van der Waals surface area contributed by atoms with Crippen molar-refractivity contribution in [3.63, 3.8) is 0 Å². The van der Waals surface area contributed by atoms with Gasteiger partial charge >= 0.3 is 5.97 Å². The molecule has 0 aliphatic carbocycles. The molecule has 1 fully saturated rings. The number of ether oxygens (including phenoxy) is 1. The monoisotopic (exact) mass is 341 g/mol. The van der Waals surface area contributed by atoms with Gasteiger partial charge < -0.3 is 14.6 Å². The van der Waals surface area contributed by atoms with Crippen LogP contribution in [-0.4, -0.2) is 54.1 Å². The average molecular weight is 341 g/mol. The molecule has 2 aromatic rings. The second kappa shape index (κ2) is 7.11. The van der Waals surface area contributed by atoms with Gasteiger partial charge in [0.25, 0.3) is 5.91 Å². The number of hydrogen-bond acceptors (Lipinski definition) is 4. The molecule has 1 N–H and O–H groups in total. The second-order valence-corrected chi connectivity index (χ2v) is 6.48. The molecule has 0 bridgehead atoms. The van der Waals surface area contributed by atoms with Gasteiger partial charge in [-0.05, 0) is 50.2 Å². The molecule has 1 aromatic carbocycles. The summed E-state index contributed by atoms with van der Waals surface area (Å²) in [6.45, 7) is 2.64. The molecule has 0 spiro atoms. The third-order valence-corrected chi connectivity index (χ3v) is 4.71. The topological polar surface area (TPSA) is 63.6 Å². The Morgan fingerprint density at radius 2 is 1.96 bits per heavy atom. The van der Waals surface area contributed by atoms with Crippen molar-refractivity contribution in [2.24, 2.45) is 0 Å². The van der Waals surface area contributed by atoms with Gasteiger partial charge in [0.05, 0.1) is 7.11 Å². The van der Waals surface area contributed by atoms with E-state index in [0.29, 0.717) is 18.5 Å². The minimum atomic E-state index is -0.302. The summed E-state index contributed by atoms with van der Waals surface area (Å²) in [6, 6.07) is 9.19. The lowest BCUT2D eigenvalue weighted by Crippen LogP contribution is -2.36. The van der Waals surface area contributed by atoms with E-state index in [1.54, 1.807) is 0 Å². The van der Waals surface area contributed by atoms with Gasteiger partial charge in [0.1, 0.15) is 6.04 Å². The van der Waals surface area contributed by atoms with Crippen LogP contribution < -0.4 is 5.32 Å². The van der Waals surface area contributed by atoms with Crippen LogP contribution in [0.5, 0.6) is 0 Å². The van der Waals surface area contributed by atoms with Gasteiger partial charge in [-0.15, -0.1) is 0 Å². The third-order valence-electron chi connectivity index (χ3n) is 4.71. The molecule has 0 radical (unpaired) electrons. The first-order valence-corrected chi connectivity index (χ1v) is 8.32. The highest BCUT2D eigenvalue weighted by Crippen LogP contribution is 2.19. The molecule has 2 atom stereocenters. The fourth-order valence-electron chi connectivity index (χ4n) is 3.31. The summed E-state index contributed by atoms with van der Waals surface area (Å²) >= 11 is 0. The summed E-state index contributed by atoms with van der Waals surface area (Å²) in [4.78, 5) is 26.3. The molecule has 25 heavy (non-hydrogen) atoms. The highest BCUT2D eigenvalue weighted by molar-refractivity contribution is 5.95. The number of aromatic nitrogens is 1. The Balaban J connectivity index is 1.72. The smallest absolute Gasteiger partial charge is 0.323 e. The Kier molecular flexibility index (Phi) is 4.90. The van der Waals surface area contributed by atoms with Gasteiger partial charge in [0.2, 0.25) is 0 Å². The maximum atomic E-state index is 12.6. The molecule has 1 aliphatic heterocycles. The van der Waals surface area contributed by atoms with Crippen LogP contribution in [0.1, 0.15) is 22.3 Å². The minimum absolute atomic E-state index is 0.0714. The van der Waals surface area contributed by atoms with Crippen molar-refractivity contribution in [3.05, 3.63) is 53.9 Å². The van der Waals surface area contributed by atoms with Gasteiger partial charge in [-0.1, -0.05) is 6.07 Å². The number of nitrogens with zero attached hydrogens (tertiary/aromatic N) is 2. The first kappa shape index (κ1) is 17.2. The molecule has 6 heteroatoms. The first-order chi connectivity index (χ1) is 12.0. The molecule has 6 nitrogen and oxygen atoms in total. The average Bonchev–Trinajstić information content (AvgIpc) is 3.24. The normalized spacial score (nSPS) is 20.4. The van der Waals surface area contributed by atoms with E-state index in [4.69, 9.17) is 4.74 Å². The Morgan fingerprint density at radius 1 is 1.24 bits per heavy atom. The Labute approximate surface area is 147 Å². The van der Waals surface area contributed by atoms with Crippen LogP contribution in [0.15, 0.2) is 42.7 Å². The zero-order chi connectivity index (χ0) is 18.0. The summed E-state index contributed by atoms with van der Waals surface area (Å²) in [5, 5.41) is 3.03. The molecular formula is C19H23N3O3. The number of esters is 1. The quantitative estimate of drug-likeness (QED) is 0.861. The molecule has 3 rings (SSSR count). The molecule has 1 amide bonds. The van der Waals surface area contributed by atoms with E-state index in [2.05, 4.69) is 5.32 Å². The van der Waals surface area contributed by atoms with E-state index in [1.807, 2.05) is 66.2 Å². The largest absolute Gasteiger partial charge is 0.468 e. The summed E-state index contributed by atoms with van der Waals surface area (Å²) in [6.07, 6.45) is 4.47. The van der Waals surface area contributed by atoms with Crippen LogP contribution in [0.2, 0.25) is 0 Å². The van der Waals surface area contributed by atoms with Crippen molar-refractivity contribution in [1.82, 2.24) is 14.8 Å². The SMILES string of the molecule is COC(=O)[C@@H]1C[C@H](NC(=O)c2ccc(C)c(-n3cccc3)c2)CN1C. The standard InChI is InChI=1S/C19H23N3O3/c1-13-6-7-14(10-16(13)22-8-4-5-9-22)18(23)20-15-11-17(19(24)25-3)21(2)12-15/h4-10,15,17H,11-12H2,1-3H3,(H,20,23)/t15-,17-/m0/s1. The number of rotatable bonds is 4. The lowest BCUT2D eigenvalue weighted by molar-refractivity contribution is -0.145. The van der Waals surface area contributed by atoms with E-state index in [9.17, 15) is 9.59 Å². The lowest BCUT2D eigenvalue weighted by atomic mass is 10.1.